The van der Waals surface area contributed by atoms with Crippen molar-refractivity contribution in [3.8, 4) is 11.5 Å². The zero-order chi connectivity index (χ0) is 19.5. The summed E-state index contributed by atoms with van der Waals surface area (Å²) in [5, 5.41) is 12.4. The van der Waals surface area contributed by atoms with Gasteiger partial charge in [-0.05, 0) is 44.8 Å². The fourth-order valence-corrected chi connectivity index (χ4v) is 3.79. The molecule has 0 spiro atoms. The molecule has 2 aromatic heterocycles. The van der Waals surface area contributed by atoms with E-state index >= 15 is 0 Å². The lowest BCUT2D eigenvalue weighted by atomic mass is 9.99. The molecule has 4 rings (SSSR count). The van der Waals surface area contributed by atoms with Gasteiger partial charge in [-0.25, -0.2) is 0 Å². The van der Waals surface area contributed by atoms with E-state index in [1.807, 2.05) is 42.0 Å². The molecule has 1 aliphatic heterocycles. The molecule has 1 aromatic carbocycles. The van der Waals surface area contributed by atoms with Crippen molar-refractivity contribution >= 4 is 16.8 Å². The normalized spacial score (nSPS) is 15.9. The number of amides is 1. The lowest BCUT2D eigenvalue weighted by Crippen LogP contribution is -2.32. The second-order valence-electron chi connectivity index (χ2n) is 7.60. The summed E-state index contributed by atoms with van der Waals surface area (Å²) >= 11 is 0. The van der Waals surface area contributed by atoms with E-state index in [0.717, 1.165) is 35.5 Å². The highest BCUT2D eigenvalue weighted by Gasteiger charge is 2.20. The third-order valence-corrected chi connectivity index (χ3v) is 5.41. The number of piperidine rings is 1. The molecule has 1 saturated heterocycles. The summed E-state index contributed by atoms with van der Waals surface area (Å²) in [5.41, 5.74) is 1.85. The van der Waals surface area contributed by atoms with Crippen LogP contribution in [0.15, 0.2) is 34.9 Å². The van der Waals surface area contributed by atoms with Gasteiger partial charge in [0.25, 0.3) is 0 Å². The monoisotopic (exact) mass is 381 g/mol. The van der Waals surface area contributed by atoms with Gasteiger partial charge >= 0.3 is 0 Å². The number of carbonyl (C=O) groups excluding carboxylic acids is 1. The third-order valence-electron chi connectivity index (χ3n) is 5.41. The van der Waals surface area contributed by atoms with Gasteiger partial charge in [-0.15, -0.1) is 10.2 Å². The topological polar surface area (TPSA) is 76.2 Å². The standard InChI is InChI=1S/C21H27N5O2/c1-3-22-19(27)13-26-12-17(16-6-4-5-7-18(16)26)21-24-23-20(28-21)14-25-10-8-15(2)9-11-25/h4-7,12,15H,3,8-11,13-14H2,1-2H3,(H,22,27). The maximum atomic E-state index is 12.1. The molecule has 0 atom stereocenters. The van der Waals surface area contributed by atoms with Crippen molar-refractivity contribution < 1.29 is 9.21 Å². The van der Waals surface area contributed by atoms with Crippen molar-refractivity contribution in [3.05, 3.63) is 36.4 Å². The lowest BCUT2D eigenvalue weighted by molar-refractivity contribution is -0.121. The molecule has 0 bridgehead atoms. The number of nitrogens with zero attached hydrogens (tertiary/aromatic N) is 4. The maximum Gasteiger partial charge on any atom is 0.249 e. The molecule has 0 radical (unpaired) electrons. The number of nitrogens with one attached hydrogen (secondary N) is 1. The first-order valence-corrected chi connectivity index (χ1v) is 10.0. The number of rotatable bonds is 6. The number of hydrogen-bond donors (Lipinski definition) is 1. The molecule has 0 unspecified atom stereocenters. The van der Waals surface area contributed by atoms with Gasteiger partial charge in [0, 0.05) is 23.6 Å². The van der Waals surface area contributed by atoms with Crippen LogP contribution in [0.5, 0.6) is 0 Å². The van der Waals surface area contributed by atoms with E-state index in [9.17, 15) is 4.79 Å². The Morgan fingerprint density at radius 3 is 2.82 bits per heavy atom. The van der Waals surface area contributed by atoms with E-state index in [4.69, 9.17) is 4.42 Å². The predicted octanol–water partition coefficient (Wildman–Crippen LogP) is 3.06. The molecule has 1 amide bonds. The number of fused-ring (bicyclic) bond motifs is 1. The molecule has 1 fully saturated rings. The van der Waals surface area contributed by atoms with Gasteiger partial charge < -0.3 is 14.3 Å². The SMILES string of the molecule is CCNC(=O)Cn1cc(-c2nnc(CN3CCC(C)CC3)o2)c2ccccc21. The smallest absolute Gasteiger partial charge is 0.249 e. The Bertz CT molecular complexity index is 953. The van der Waals surface area contributed by atoms with Crippen LogP contribution in [-0.4, -0.2) is 45.2 Å². The number of hydrogen-bond acceptors (Lipinski definition) is 5. The molecule has 148 valence electrons. The molecule has 1 N–H and O–H groups in total. The molecule has 3 heterocycles. The summed E-state index contributed by atoms with van der Waals surface area (Å²) in [5.74, 6) is 1.93. The Labute approximate surface area is 164 Å². The molecule has 3 aromatic rings. The summed E-state index contributed by atoms with van der Waals surface area (Å²) in [7, 11) is 0. The Kier molecular flexibility index (Phi) is 5.43. The van der Waals surface area contributed by atoms with Gasteiger partial charge in [-0.1, -0.05) is 25.1 Å². The van der Waals surface area contributed by atoms with Gasteiger partial charge in [0.15, 0.2) is 0 Å². The first-order valence-electron chi connectivity index (χ1n) is 10.0. The minimum absolute atomic E-state index is 0.0136. The second-order valence-corrected chi connectivity index (χ2v) is 7.60. The first-order chi connectivity index (χ1) is 13.6. The average Bonchev–Trinajstić information content (AvgIpc) is 3.29. The van der Waals surface area contributed by atoms with Crippen LogP contribution < -0.4 is 5.32 Å². The minimum Gasteiger partial charge on any atom is -0.419 e. The molecule has 0 aliphatic carbocycles. The molecule has 28 heavy (non-hydrogen) atoms. The van der Waals surface area contributed by atoms with Gasteiger partial charge in [0.05, 0.1) is 12.1 Å². The zero-order valence-corrected chi connectivity index (χ0v) is 16.5. The quantitative estimate of drug-likeness (QED) is 0.710. The van der Waals surface area contributed by atoms with Crippen molar-refractivity contribution in [2.45, 2.75) is 39.8 Å². The average molecular weight is 381 g/mol. The van der Waals surface area contributed by atoms with Crippen molar-refractivity contribution in [2.24, 2.45) is 5.92 Å². The highest BCUT2D eigenvalue weighted by atomic mass is 16.4. The van der Waals surface area contributed by atoms with E-state index in [-0.39, 0.29) is 12.5 Å². The molecule has 7 nitrogen and oxygen atoms in total. The molecule has 1 aliphatic rings. The third kappa shape index (κ3) is 3.94. The minimum atomic E-state index is -0.0136. The highest BCUT2D eigenvalue weighted by molar-refractivity contribution is 5.94. The van der Waals surface area contributed by atoms with E-state index in [2.05, 4.69) is 27.3 Å². The van der Waals surface area contributed by atoms with Crippen LogP contribution >= 0.6 is 0 Å². The molecule has 0 saturated carbocycles. The summed E-state index contributed by atoms with van der Waals surface area (Å²) in [6.07, 6.45) is 4.36. The van der Waals surface area contributed by atoms with Gasteiger partial charge in [0.1, 0.15) is 6.54 Å². The van der Waals surface area contributed by atoms with E-state index in [0.29, 0.717) is 24.9 Å². The van der Waals surface area contributed by atoms with Crippen LogP contribution in [0.2, 0.25) is 0 Å². The predicted molar refractivity (Wildman–Crippen MR) is 108 cm³/mol. The number of carbonyl (C=O) groups is 1. The van der Waals surface area contributed by atoms with Crippen molar-refractivity contribution in [1.82, 2.24) is 25.0 Å². The second kappa shape index (κ2) is 8.14. The van der Waals surface area contributed by atoms with Crippen molar-refractivity contribution in [2.75, 3.05) is 19.6 Å². The van der Waals surface area contributed by atoms with Crippen LogP contribution in [0.25, 0.3) is 22.4 Å². The van der Waals surface area contributed by atoms with Crippen LogP contribution in [0.1, 0.15) is 32.6 Å². The number of para-hydroxylation sites is 1. The van der Waals surface area contributed by atoms with Crippen LogP contribution in [0.3, 0.4) is 0 Å². The highest BCUT2D eigenvalue weighted by Crippen LogP contribution is 2.30. The van der Waals surface area contributed by atoms with Gasteiger partial charge in [-0.3, -0.25) is 9.69 Å². The van der Waals surface area contributed by atoms with E-state index in [1.165, 1.54) is 12.8 Å². The summed E-state index contributed by atoms with van der Waals surface area (Å²) in [6.45, 7) is 7.94. The van der Waals surface area contributed by atoms with Crippen LogP contribution in [-0.2, 0) is 17.9 Å². The maximum absolute atomic E-state index is 12.1. The van der Waals surface area contributed by atoms with Gasteiger partial charge in [0.2, 0.25) is 17.7 Å². The molecular formula is C21H27N5O2. The van der Waals surface area contributed by atoms with Crippen LogP contribution in [0, 0.1) is 5.92 Å². The Balaban J connectivity index is 1.57. The lowest BCUT2D eigenvalue weighted by Gasteiger charge is -2.28. The number of aromatic nitrogens is 3. The Hall–Kier alpha value is -2.67. The Morgan fingerprint density at radius 1 is 1.25 bits per heavy atom. The fourth-order valence-electron chi connectivity index (χ4n) is 3.79. The van der Waals surface area contributed by atoms with E-state index in [1.54, 1.807) is 0 Å². The number of benzene rings is 1. The fraction of sp³-hybridized carbons (Fsp3) is 0.476. The number of likely N-dealkylation sites (N-methyl/N-ethyl adjacent to an activating group) is 1. The molecule has 7 heteroatoms. The number of likely N-dealkylation sites (tertiary alicyclic amines) is 1. The summed E-state index contributed by atoms with van der Waals surface area (Å²) in [4.78, 5) is 14.4. The van der Waals surface area contributed by atoms with Crippen molar-refractivity contribution in [1.29, 1.82) is 0 Å². The summed E-state index contributed by atoms with van der Waals surface area (Å²) in [6, 6.07) is 7.98. The van der Waals surface area contributed by atoms with Gasteiger partial charge in [-0.2, -0.15) is 0 Å². The largest absolute Gasteiger partial charge is 0.419 e. The Morgan fingerprint density at radius 2 is 2.04 bits per heavy atom. The summed E-state index contributed by atoms with van der Waals surface area (Å²) < 4.78 is 7.93. The van der Waals surface area contributed by atoms with E-state index < -0.39 is 0 Å². The zero-order valence-electron chi connectivity index (χ0n) is 16.5. The van der Waals surface area contributed by atoms with Crippen molar-refractivity contribution in [3.63, 3.8) is 0 Å². The first kappa shape index (κ1) is 18.7. The van der Waals surface area contributed by atoms with Crippen LogP contribution in [0.4, 0.5) is 0 Å². The molecular weight excluding hydrogens is 354 g/mol.